The summed E-state index contributed by atoms with van der Waals surface area (Å²) >= 11 is 6.08. The smallest absolute Gasteiger partial charge is 0.317 e. The highest BCUT2D eigenvalue weighted by molar-refractivity contribution is 6.30. The first-order chi connectivity index (χ1) is 13.7. The number of piperazine rings is 1. The number of urea groups is 1. The first-order valence-electron chi connectivity index (χ1n) is 9.61. The Kier molecular flexibility index (Phi) is 5.76. The summed E-state index contributed by atoms with van der Waals surface area (Å²) in [6.45, 7) is 4.72. The van der Waals surface area contributed by atoms with Crippen LogP contribution >= 0.6 is 11.6 Å². The van der Waals surface area contributed by atoms with Crippen LogP contribution in [0.5, 0.6) is 11.5 Å². The van der Waals surface area contributed by atoms with Crippen molar-refractivity contribution >= 4 is 23.3 Å². The Balaban J connectivity index is 1.29. The third-order valence-corrected chi connectivity index (χ3v) is 5.23. The Bertz CT molecular complexity index is 837. The number of carbonyl (C=O) groups is 1. The molecule has 0 aromatic heterocycles. The van der Waals surface area contributed by atoms with Crippen molar-refractivity contribution in [2.75, 3.05) is 44.3 Å². The van der Waals surface area contributed by atoms with Gasteiger partial charge in [0.05, 0.1) is 13.2 Å². The van der Waals surface area contributed by atoms with Gasteiger partial charge in [-0.05, 0) is 35.9 Å². The second kappa shape index (κ2) is 8.61. The molecule has 0 atom stereocenters. The van der Waals surface area contributed by atoms with Gasteiger partial charge in [0.2, 0.25) is 0 Å². The van der Waals surface area contributed by atoms with E-state index in [0.717, 1.165) is 47.3 Å². The maximum Gasteiger partial charge on any atom is 0.317 e. The lowest BCUT2D eigenvalue weighted by Gasteiger charge is -2.36. The number of carbonyl (C=O) groups excluding carboxylic acids is 1. The third kappa shape index (κ3) is 4.44. The highest BCUT2D eigenvalue weighted by atomic mass is 35.5. The summed E-state index contributed by atoms with van der Waals surface area (Å²) in [7, 11) is 0. The van der Waals surface area contributed by atoms with E-state index in [-0.39, 0.29) is 6.03 Å². The minimum atomic E-state index is -0.0437. The molecule has 2 heterocycles. The van der Waals surface area contributed by atoms with Crippen LogP contribution < -0.4 is 19.7 Å². The Morgan fingerprint density at radius 1 is 1.00 bits per heavy atom. The molecule has 2 aromatic rings. The van der Waals surface area contributed by atoms with Gasteiger partial charge in [-0.15, -0.1) is 0 Å². The maximum atomic E-state index is 12.5. The lowest BCUT2D eigenvalue weighted by molar-refractivity contribution is 0.194. The molecular weight excluding hydrogens is 378 g/mol. The average molecular weight is 402 g/mol. The minimum absolute atomic E-state index is 0.0437. The molecule has 0 aliphatic carbocycles. The van der Waals surface area contributed by atoms with E-state index in [9.17, 15) is 4.79 Å². The van der Waals surface area contributed by atoms with E-state index < -0.39 is 0 Å². The standard InChI is InChI=1S/C21H24ClN3O3/c22-17-3-1-4-18(14-17)24-7-9-25(10-8-24)21(26)23-15-16-5-6-19-20(13-16)28-12-2-11-27-19/h1,3-6,13-14H,2,7-12,15H2,(H,23,26). The zero-order valence-electron chi connectivity index (χ0n) is 15.7. The molecule has 28 heavy (non-hydrogen) atoms. The summed E-state index contributed by atoms with van der Waals surface area (Å²) in [6, 6.07) is 13.6. The molecule has 148 valence electrons. The van der Waals surface area contributed by atoms with Crippen molar-refractivity contribution in [1.29, 1.82) is 0 Å². The van der Waals surface area contributed by atoms with Gasteiger partial charge in [-0.25, -0.2) is 4.79 Å². The summed E-state index contributed by atoms with van der Waals surface area (Å²) in [5.41, 5.74) is 2.09. The third-order valence-electron chi connectivity index (χ3n) is 5.00. The van der Waals surface area contributed by atoms with Crippen LogP contribution in [0.15, 0.2) is 42.5 Å². The van der Waals surface area contributed by atoms with Gasteiger partial charge in [0.25, 0.3) is 0 Å². The maximum absolute atomic E-state index is 12.5. The number of rotatable bonds is 3. The number of halogens is 1. The molecule has 0 radical (unpaired) electrons. The van der Waals surface area contributed by atoms with Crippen molar-refractivity contribution in [3.05, 3.63) is 53.1 Å². The predicted octanol–water partition coefficient (Wildman–Crippen LogP) is 3.53. The van der Waals surface area contributed by atoms with Gasteiger partial charge in [0, 0.05) is 49.9 Å². The SMILES string of the molecule is O=C(NCc1ccc2c(c1)OCCCO2)N1CCN(c2cccc(Cl)c2)CC1. The van der Waals surface area contributed by atoms with Gasteiger partial charge in [0.15, 0.2) is 11.5 Å². The fraction of sp³-hybridized carbons (Fsp3) is 0.381. The Labute approximate surface area is 170 Å². The lowest BCUT2D eigenvalue weighted by Crippen LogP contribution is -2.51. The van der Waals surface area contributed by atoms with E-state index >= 15 is 0 Å². The normalized spacial score (nSPS) is 16.5. The predicted molar refractivity (Wildman–Crippen MR) is 110 cm³/mol. The van der Waals surface area contributed by atoms with Crippen molar-refractivity contribution in [2.45, 2.75) is 13.0 Å². The van der Waals surface area contributed by atoms with Crippen LogP contribution in [0.2, 0.25) is 5.02 Å². The molecule has 1 N–H and O–H groups in total. The van der Waals surface area contributed by atoms with Crippen molar-refractivity contribution in [2.24, 2.45) is 0 Å². The molecule has 1 saturated heterocycles. The number of anilines is 1. The van der Waals surface area contributed by atoms with Crippen LogP contribution in [-0.4, -0.2) is 50.3 Å². The largest absolute Gasteiger partial charge is 0.490 e. The molecule has 2 aromatic carbocycles. The summed E-state index contributed by atoms with van der Waals surface area (Å²) in [5, 5.41) is 3.74. The Hall–Kier alpha value is -2.60. The molecule has 0 saturated carbocycles. The van der Waals surface area contributed by atoms with Crippen LogP contribution in [0.3, 0.4) is 0 Å². The minimum Gasteiger partial charge on any atom is -0.490 e. The summed E-state index contributed by atoms with van der Waals surface area (Å²) in [5.74, 6) is 1.52. The van der Waals surface area contributed by atoms with Crippen molar-refractivity contribution in [1.82, 2.24) is 10.2 Å². The van der Waals surface area contributed by atoms with Gasteiger partial charge < -0.3 is 24.6 Å². The summed E-state index contributed by atoms with van der Waals surface area (Å²) in [6.07, 6.45) is 0.877. The zero-order valence-corrected chi connectivity index (χ0v) is 16.5. The van der Waals surface area contributed by atoms with Gasteiger partial charge in [-0.3, -0.25) is 0 Å². The van der Waals surface area contributed by atoms with E-state index in [4.69, 9.17) is 21.1 Å². The van der Waals surface area contributed by atoms with E-state index in [1.54, 1.807) is 0 Å². The molecule has 2 aliphatic heterocycles. The summed E-state index contributed by atoms with van der Waals surface area (Å²) < 4.78 is 11.4. The summed E-state index contributed by atoms with van der Waals surface area (Å²) in [4.78, 5) is 16.6. The number of hydrogen-bond acceptors (Lipinski definition) is 4. The van der Waals surface area contributed by atoms with Gasteiger partial charge in [-0.2, -0.15) is 0 Å². The highest BCUT2D eigenvalue weighted by Gasteiger charge is 2.21. The average Bonchev–Trinajstić information content (AvgIpc) is 2.97. The van der Waals surface area contributed by atoms with Crippen molar-refractivity contribution < 1.29 is 14.3 Å². The van der Waals surface area contributed by atoms with Crippen LogP contribution in [-0.2, 0) is 6.54 Å². The number of amides is 2. The number of fused-ring (bicyclic) bond motifs is 1. The van der Waals surface area contributed by atoms with Gasteiger partial charge in [-0.1, -0.05) is 23.7 Å². The number of benzene rings is 2. The first-order valence-corrected chi connectivity index (χ1v) is 9.99. The van der Waals surface area contributed by atoms with Crippen molar-refractivity contribution in [3.63, 3.8) is 0 Å². The quantitative estimate of drug-likeness (QED) is 0.854. The van der Waals surface area contributed by atoms with Crippen molar-refractivity contribution in [3.8, 4) is 11.5 Å². The number of nitrogens with zero attached hydrogens (tertiary/aromatic N) is 2. The first kappa shape index (κ1) is 18.7. The molecule has 2 amide bonds. The molecule has 6 nitrogen and oxygen atoms in total. The number of nitrogens with one attached hydrogen (secondary N) is 1. The van der Waals surface area contributed by atoms with Crippen LogP contribution in [0.25, 0.3) is 0 Å². The topological polar surface area (TPSA) is 54.0 Å². The van der Waals surface area contributed by atoms with E-state index in [1.165, 1.54) is 0 Å². The number of hydrogen-bond donors (Lipinski definition) is 1. The molecule has 1 fully saturated rings. The van der Waals surface area contributed by atoms with E-state index in [0.29, 0.717) is 32.8 Å². The second-order valence-corrected chi connectivity index (χ2v) is 7.38. The monoisotopic (exact) mass is 401 g/mol. The fourth-order valence-electron chi connectivity index (χ4n) is 3.45. The van der Waals surface area contributed by atoms with Crippen LogP contribution in [0.4, 0.5) is 10.5 Å². The molecule has 2 aliphatic rings. The molecule has 0 bridgehead atoms. The van der Waals surface area contributed by atoms with Crippen LogP contribution in [0.1, 0.15) is 12.0 Å². The molecule has 0 spiro atoms. The van der Waals surface area contributed by atoms with Gasteiger partial charge >= 0.3 is 6.03 Å². The zero-order chi connectivity index (χ0) is 19.3. The van der Waals surface area contributed by atoms with E-state index in [1.807, 2.05) is 47.4 Å². The Morgan fingerprint density at radius 3 is 2.57 bits per heavy atom. The lowest BCUT2D eigenvalue weighted by atomic mass is 10.2. The van der Waals surface area contributed by atoms with Gasteiger partial charge in [0.1, 0.15) is 0 Å². The highest BCUT2D eigenvalue weighted by Crippen LogP contribution is 2.30. The fourth-order valence-corrected chi connectivity index (χ4v) is 3.63. The van der Waals surface area contributed by atoms with E-state index in [2.05, 4.69) is 10.2 Å². The molecule has 7 heteroatoms. The number of ether oxygens (including phenoxy) is 2. The van der Waals surface area contributed by atoms with Crippen LogP contribution in [0, 0.1) is 0 Å². The molecule has 4 rings (SSSR count). The molecule has 0 unspecified atom stereocenters. The Morgan fingerprint density at radius 2 is 1.79 bits per heavy atom. The second-order valence-electron chi connectivity index (χ2n) is 6.94. The molecular formula is C21H24ClN3O3.